The molecule has 6 nitrogen and oxygen atoms in total. The molecule has 1 saturated heterocycles. The number of hydrogen-bond acceptors (Lipinski definition) is 4. The van der Waals surface area contributed by atoms with E-state index in [0.717, 1.165) is 80.8 Å². The fourth-order valence-corrected chi connectivity index (χ4v) is 6.40. The van der Waals surface area contributed by atoms with Gasteiger partial charge in [0.25, 0.3) is 5.91 Å². The number of imidazole rings is 1. The van der Waals surface area contributed by atoms with Crippen molar-refractivity contribution in [2.45, 2.75) is 91.6 Å². The van der Waals surface area contributed by atoms with Crippen LogP contribution in [-0.4, -0.2) is 64.0 Å². The maximum Gasteiger partial charge on any atom is 0.253 e. The number of fused-ring (bicyclic) bond motifs is 2. The van der Waals surface area contributed by atoms with Gasteiger partial charge in [-0.2, -0.15) is 0 Å². The summed E-state index contributed by atoms with van der Waals surface area (Å²) in [6.45, 7) is 15.0. The first kappa shape index (κ1) is 29.6. The highest BCUT2D eigenvalue weighted by molar-refractivity contribution is 5.97. The summed E-state index contributed by atoms with van der Waals surface area (Å²) in [4.78, 5) is 23.6. The van der Waals surface area contributed by atoms with Gasteiger partial charge in [0.15, 0.2) is 0 Å². The minimum absolute atomic E-state index is 0.148. The Hall–Kier alpha value is -2.86. The van der Waals surface area contributed by atoms with Gasteiger partial charge < -0.3 is 19.7 Å². The molecule has 1 N–H and O–H groups in total. The van der Waals surface area contributed by atoms with Crippen LogP contribution in [0.1, 0.15) is 87.7 Å². The number of amides is 1. The van der Waals surface area contributed by atoms with Crippen molar-refractivity contribution in [1.82, 2.24) is 19.4 Å². The number of likely N-dealkylation sites (tertiary alicyclic amines) is 1. The van der Waals surface area contributed by atoms with Gasteiger partial charge in [0.1, 0.15) is 0 Å². The van der Waals surface area contributed by atoms with E-state index in [1.807, 2.05) is 6.07 Å². The van der Waals surface area contributed by atoms with E-state index >= 15 is 0 Å². The Morgan fingerprint density at radius 1 is 0.927 bits per heavy atom. The topological polar surface area (TPSA) is 53.4 Å². The fraction of sp³-hybridized carbons (Fsp3) is 0.600. The number of hydrogen-bond donors (Lipinski definition) is 1. The van der Waals surface area contributed by atoms with Crippen molar-refractivity contribution in [2.75, 3.05) is 38.0 Å². The van der Waals surface area contributed by atoms with Gasteiger partial charge in [0, 0.05) is 31.2 Å². The summed E-state index contributed by atoms with van der Waals surface area (Å²) in [5.41, 5.74) is 5.69. The molecule has 0 unspecified atom stereocenters. The molecule has 5 rings (SSSR count). The summed E-state index contributed by atoms with van der Waals surface area (Å²) >= 11 is 0. The lowest BCUT2D eigenvalue weighted by Gasteiger charge is -2.26. The fourth-order valence-electron chi connectivity index (χ4n) is 6.40. The highest BCUT2D eigenvalue weighted by atomic mass is 16.2. The lowest BCUT2D eigenvalue weighted by Crippen LogP contribution is -2.34. The number of nitrogens with zero attached hydrogens (tertiary/aromatic N) is 4. The molecule has 0 bridgehead atoms. The van der Waals surface area contributed by atoms with Gasteiger partial charge >= 0.3 is 0 Å². The molecule has 0 atom stereocenters. The molecule has 6 heteroatoms. The molecule has 0 saturated carbocycles. The number of carbonyl (C=O) groups is 1. The van der Waals surface area contributed by atoms with Crippen LogP contribution in [0.25, 0.3) is 11.0 Å². The Kier molecular flexibility index (Phi) is 10.0. The summed E-state index contributed by atoms with van der Waals surface area (Å²) in [7, 11) is 0. The van der Waals surface area contributed by atoms with Crippen molar-refractivity contribution in [1.29, 1.82) is 0 Å². The number of rotatable bonds is 13. The van der Waals surface area contributed by atoms with Gasteiger partial charge in [0.05, 0.1) is 11.0 Å². The zero-order chi connectivity index (χ0) is 28.8. The van der Waals surface area contributed by atoms with Gasteiger partial charge in [-0.15, -0.1) is 0 Å². The first-order chi connectivity index (χ1) is 19.9. The zero-order valence-corrected chi connectivity index (χ0v) is 25.9. The molecule has 2 aromatic carbocycles. The second kappa shape index (κ2) is 13.9. The van der Waals surface area contributed by atoms with E-state index in [9.17, 15) is 4.79 Å². The molecule has 222 valence electrons. The quantitative estimate of drug-likeness (QED) is 0.245. The summed E-state index contributed by atoms with van der Waals surface area (Å²) in [6.07, 6.45) is 9.18. The number of carbonyl (C=O) groups excluding carboxylic acids is 1. The van der Waals surface area contributed by atoms with Gasteiger partial charge in [0.2, 0.25) is 5.95 Å². The minimum atomic E-state index is 0.148. The van der Waals surface area contributed by atoms with Crippen molar-refractivity contribution in [2.24, 2.45) is 11.8 Å². The highest BCUT2D eigenvalue weighted by Crippen LogP contribution is 2.28. The molecule has 1 aliphatic heterocycles. The third-order valence-electron chi connectivity index (χ3n) is 8.92. The largest absolute Gasteiger partial charge is 0.352 e. The van der Waals surface area contributed by atoms with Gasteiger partial charge in [-0.05, 0) is 106 Å². The summed E-state index contributed by atoms with van der Waals surface area (Å²) in [5, 5.41) is 3.81. The first-order valence-electron chi connectivity index (χ1n) is 16.2. The van der Waals surface area contributed by atoms with Crippen LogP contribution in [0.3, 0.4) is 0 Å². The Morgan fingerprint density at radius 3 is 2.22 bits per heavy atom. The smallest absolute Gasteiger partial charge is 0.253 e. The monoisotopic (exact) mass is 557 g/mol. The molecule has 3 aromatic rings. The van der Waals surface area contributed by atoms with Gasteiger partial charge in [-0.1, -0.05) is 58.4 Å². The van der Waals surface area contributed by atoms with Crippen LogP contribution in [0.4, 0.5) is 5.95 Å². The van der Waals surface area contributed by atoms with E-state index in [2.05, 4.69) is 83.8 Å². The molecule has 1 aliphatic carbocycles. The standard InChI is InChI=1S/C35H51N5O/c1-26(2)15-21-39(22-16-27(3)4)34(41)30-13-14-32-33(25-30)40(20-10-19-38-17-8-5-9-18-38)35(37-32)36-31-23-28-11-6-7-12-29(28)24-31/h6-7,11-14,25-27,31H,5,8-10,15-24H2,1-4H3,(H,36,37). The molecule has 1 aromatic heterocycles. The highest BCUT2D eigenvalue weighted by Gasteiger charge is 2.24. The Morgan fingerprint density at radius 2 is 1.59 bits per heavy atom. The van der Waals surface area contributed by atoms with Gasteiger partial charge in [-0.25, -0.2) is 4.98 Å². The van der Waals surface area contributed by atoms with Crippen LogP contribution in [0.15, 0.2) is 42.5 Å². The van der Waals surface area contributed by atoms with Crippen LogP contribution >= 0.6 is 0 Å². The molecule has 0 spiro atoms. The van der Waals surface area contributed by atoms with Crippen molar-refractivity contribution in [3.8, 4) is 0 Å². The maximum atomic E-state index is 13.8. The van der Waals surface area contributed by atoms with Gasteiger partial charge in [-0.3, -0.25) is 4.79 Å². The normalized spacial score (nSPS) is 16.1. The number of nitrogens with one attached hydrogen (secondary N) is 1. The van der Waals surface area contributed by atoms with Crippen molar-refractivity contribution in [3.63, 3.8) is 0 Å². The lowest BCUT2D eigenvalue weighted by molar-refractivity contribution is 0.0741. The van der Waals surface area contributed by atoms with Crippen LogP contribution in [-0.2, 0) is 19.4 Å². The Bertz CT molecular complexity index is 1250. The predicted octanol–water partition coefficient (Wildman–Crippen LogP) is 7.03. The average Bonchev–Trinajstić information content (AvgIpc) is 3.53. The van der Waals surface area contributed by atoms with E-state index in [0.29, 0.717) is 17.9 Å². The van der Waals surface area contributed by atoms with Crippen LogP contribution in [0, 0.1) is 11.8 Å². The predicted molar refractivity (Wildman–Crippen MR) is 171 cm³/mol. The zero-order valence-electron chi connectivity index (χ0n) is 25.9. The lowest BCUT2D eigenvalue weighted by atomic mass is 10.1. The number of aromatic nitrogens is 2. The van der Waals surface area contributed by atoms with Crippen LogP contribution in [0.2, 0.25) is 0 Å². The van der Waals surface area contributed by atoms with E-state index < -0.39 is 0 Å². The molecular weight excluding hydrogens is 506 g/mol. The van der Waals surface area contributed by atoms with E-state index in [4.69, 9.17) is 4.98 Å². The minimum Gasteiger partial charge on any atom is -0.352 e. The molecule has 0 radical (unpaired) electrons. The third-order valence-corrected chi connectivity index (χ3v) is 8.92. The Balaban J connectivity index is 1.39. The van der Waals surface area contributed by atoms with Crippen molar-refractivity contribution >= 4 is 22.9 Å². The van der Waals surface area contributed by atoms with Crippen molar-refractivity contribution < 1.29 is 4.79 Å². The number of aryl methyl sites for hydroxylation is 1. The summed E-state index contributed by atoms with van der Waals surface area (Å²) in [5.74, 6) is 2.24. The Labute approximate surface area is 247 Å². The second-order valence-corrected chi connectivity index (χ2v) is 13.2. The van der Waals surface area contributed by atoms with E-state index in [-0.39, 0.29) is 5.91 Å². The SMILES string of the molecule is CC(C)CCN(CCC(C)C)C(=O)c1ccc2nc(NC3Cc4ccccc4C3)n(CCCN3CCCCC3)c2c1. The molecule has 41 heavy (non-hydrogen) atoms. The van der Waals surface area contributed by atoms with E-state index in [1.54, 1.807) is 0 Å². The third kappa shape index (κ3) is 7.71. The molecule has 1 fully saturated rings. The molecule has 1 amide bonds. The number of benzene rings is 2. The second-order valence-electron chi connectivity index (χ2n) is 13.2. The maximum absolute atomic E-state index is 13.8. The molecular formula is C35H51N5O. The summed E-state index contributed by atoms with van der Waals surface area (Å²) in [6, 6.07) is 15.3. The average molecular weight is 558 g/mol. The number of anilines is 1. The summed E-state index contributed by atoms with van der Waals surface area (Å²) < 4.78 is 2.35. The first-order valence-corrected chi connectivity index (χ1v) is 16.2. The van der Waals surface area contributed by atoms with Crippen LogP contribution in [0.5, 0.6) is 0 Å². The van der Waals surface area contributed by atoms with Crippen LogP contribution < -0.4 is 5.32 Å². The number of piperidine rings is 1. The molecule has 2 aliphatic rings. The molecule has 2 heterocycles. The van der Waals surface area contributed by atoms with E-state index in [1.165, 1.54) is 43.5 Å². The van der Waals surface area contributed by atoms with Crippen molar-refractivity contribution in [3.05, 3.63) is 59.2 Å².